The van der Waals surface area contributed by atoms with E-state index < -0.39 is 9.84 Å². The van der Waals surface area contributed by atoms with Gasteiger partial charge in [-0.05, 0) is 43.9 Å². The quantitative estimate of drug-likeness (QED) is 0.244. The van der Waals surface area contributed by atoms with Crippen molar-refractivity contribution < 1.29 is 13.2 Å². The Balaban J connectivity index is 0.00000576. The summed E-state index contributed by atoms with van der Waals surface area (Å²) in [7, 11) is 0.447. The van der Waals surface area contributed by atoms with Gasteiger partial charge in [-0.15, -0.1) is 24.0 Å². The number of aryl methyl sites for hydroxylation is 1. The Morgan fingerprint density at radius 2 is 2.08 bits per heavy atom. The summed E-state index contributed by atoms with van der Waals surface area (Å²) >= 11 is 0. The molecule has 0 spiro atoms. The first kappa shape index (κ1) is 24.0. The van der Waals surface area contributed by atoms with E-state index in [0.717, 1.165) is 25.1 Å². The zero-order valence-corrected chi connectivity index (χ0v) is 18.6. The fourth-order valence-corrected chi connectivity index (χ4v) is 3.00. The Kier molecular flexibility index (Phi) is 11.8. The third-order valence-electron chi connectivity index (χ3n) is 3.60. The van der Waals surface area contributed by atoms with Crippen molar-refractivity contribution in [2.45, 2.75) is 32.2 Å². The summed E-state index contributed by atoms with van der Waals surface area (Å²) in [5, 5.41) is 6.47. The minimum absolute atomic E-state index is 0. The number of methoxy groups -OCH3 is 1. The molecule has 0 aliphatic heterocycles. The lowest BCUT2D eigenvalue weighted by Crippen LogP contribution is -2.43. The van der Waals surface area contributed by atoms with Crippen LogP contribution in [0.3, 0.4) is 0 Å². The average molecular weight is 483 g/mol. The van der Waals surface area contributed by atoms with Gasteiger partial charge in [-0.25, -0.2) is 8.42 Å². The van der Waals surface area contributed by atoms with Gasteiger partial charge in [0.05, 0.1) is 12.9 Å². The topological polar surface area (TPSA) is 79.8 Å². The number of hydrogen-bond acceptors (Lipinski definition) is 4. The lowest BCUT2D eigenvalue weighted by molar-refractivity contribution is 0.414. The highest BCUT2D eigenvalue weighted by molar-refractivity contribution is 14.0. The van der Waals surface area contributed by atoms with Gasteiger partial charge < -0.3 is 15.4 Å². The maximum atomic E-state index is 11.2. The van der Waals surface area contributed by atoms with Crippen LogP contribution in [0.15, 0.2) is 29.3 Å². The minimum atomic E-state index is -2.93. The second-order valence-corrected chi connectivity index (χ2v) is 8.18. The van der Waals surface area contributed by atoms with Crippen LogP contribution in [0.5, 0.6) is 5.75 Å². The third-order valence-corrected chi connectivity index (χ3v) is 4.57. The largest absolute Gasteiger partial charge is 0.497 e. The van der Waals surface area contributed by atoms with Crippen LogP contribution < -0.4 is 15.4 Å². The number of benzene rings is 1. The Labute approximate surface area is 168 Å². The van der Waals surface area contributed by atoms with E-state index in [2.05, 4.69) is 21.7 Å². The highest BCUT2D eigenvalue weighted by atomic mass is 127. The number of sulfone groups is 1. The van der Waals surface area contributed by atoms with E-state index in [-0.39, 0.29) is 35.8 Å². The number of halogens is 1. The van der Waals surface area contributed by atoms with Gasteiger partial charge in [0.15, 0.2) is 5.96 Å². The van der Waals surface area contributed by atoms with Crippen molar-refractivity contribution in [3.05, 3.63) is 29.8 Å². The Morgan fingerprint density at radius 1 is 1.36 bits per heavy atom. The molecule has 0 heterocycles. The van der Waals surface area contributed by atoms with E-state index in [1.165, 1.54) is 11.8 Å². The van der Waals surface area contributed by atoms with Crippen molar-refractivity contribution in [2.75, 3.05) is 32.7 Å². The highest BCUT2D eigenvalue weighted by Crippen LogP contribution is 2.13. The minimum Gasteiger partial charge on any atom is -0.497 e. The number of nitrogens with one attached hydrogen (secondary N) is 2. The Bertz CT molecular complexity index is 636. The Morgan fingerprint density at radius 3 is 2.68 bits per heavy atom. The first-order valence-corrected chi connectivity index (χ1v) is 10.2. The molecule has 0 aliphatic carbocycles. The predicted molar refractivity (Wildman–Crippen MR) is 115 cm³/mol. The zero-order valence-electron chi connectivity index (χ0n) is 15.4. The molecule has 0 aliphatic rings. The number of nitrogens with zero attached hydrogens (tertiary/aromatic N) is 1. The van der Waals surface area contributed by atoms with Gasteiger partial charge in [0.1, 0.15) is 15.6 Å². The van der Waals surface area contributed by atoms with Crippen LogP contribution in [0.2, 0.25) is 0 Å². The molecule has 0 amide bonds. The van der Waals surface area contributed by atoms with Gasteiger partial charge in [0, 0.05) is 25.9 Å². The standard InChI is InChI=1S/C17H29N3O3S.HI/c1-14(10-12-24(4,21)22)20-17(18-2)19-11-6-8-15-7-5-9-16(13-15)23-3;/h5,7,9,13-14H,6,8,10-12H2,1-4H3,(H2,18,19,20);1H. The summed E-state index contributed by atoms with van der Waals surface area (Å²) in [5.41, 5.74) is 1.24. The molecule has 0 saturated carbocycles. The lowest BCUT2D eigenvalue weighted by Gasteiger charge is -2.17. The molecule has 0 saturated heterocycles. The van der Waals surface area contributed by atoms with Crippen LogP contribution >= 0.6 is 24.0 Å². The molecule has 144 valence electrons. The van der Waals surface area contributed by atoms with Crippen LogP contribution in [0, 0.1) is 0 Å². The van der Waals surface area contributed by atoms with Crippen LogP contribution in [-0.4, -0.2) is 53.1 Å². The molecule has 1 aromatic carbocycles. The fourth-order valence-electron chi connectivity index (χ4n) is 2.22. The third kappa shape index (κ3) is 11.2. The molecular formula is C17H30IN3O3S. The van der Waals surface area contributed by atoms with E-state index in [0.29, 0.717) is 12.4 Å². The maximum absolute atomic E-state index is 11.2. The monoisotopic (exact) mass is 483 g/mol. The van der Waals surface area contributed by atoms with Crippen LogP contribution in [-0.2, 0) is 16.3 Å². The molecule has 0 aromatic heterocycles. The molecule has 1 rings (SSSR count). The van der Waals surface area contributed by atoms with E-state index in [4.69, 9.17) is 4.74 Å². The Hall–Kier alpha value is -1.03. The summed E-state index contributed by atoms with van der Waals surface area (Å²) in [6.45, 7) is 2.74. The zero-order chi connectivity index (χ0) is 18.0. The summed E-state index contributed by atoms with van der Waals surface area (Å²) in [6.07, 6.45) is 3.73. The van der Waals surface area contributed by atoms with E-state index in [9.17, 15) is 8.42 Å². The van der Waals surface area contributed by atoms with Gasteiger partial charge >= 0.3 is 0 Å². The van der Waals surface area contributed by atoms with Crippen LogP contribution in [0.25, 0.3) is 0 Å². The first-order valence-electron chi connectivity index (χ1n) is 8.12. The van der Waals surface area contributed by atoms with Gasteiger partial charge in [0.25, 0.3) is 0 Å². The van der Waals surface area contributed by atoms with Gasteiger partial charge in [0.2, 0.25) is 0 Å². The van der Waals surface area contributed by atoms with Crippen LogP contribution in [0.1, 0.15) is 25.3 Å². The first-order chi connectivity index (χ1) is 11.3. The van der Waals surface area contributed by atoms with Crippen molar-refractivity contribution in [1.82, 2.24) is 10.6 Å². The number of hydrogen-bond donors (Lipinski definition) is 2. The number of ether oxygens (including phenoxy) is 1. The second-order valence-electron chi connectivity index (χ2n) is 5.92. The summed E-state index contributed by atoms with van der Waals surface area (Å²) in [5.74, 6) is 1.74. The molecule has 0 radical (unpaired) electrons. The van der Waals surface area contributed by atoms with Crippen molar-refractivity contribution in [3.63, 3.8) is 0 Å². The van der Waals surface area contributed by atoms with E-state index in [1.807, 2.05) is 25.1 Å². The summed E-state index contributed by atoms with van der Waals surface area (Å²) < 4.78 is 27.6. The second kappa shape index (κ2) is 12.3. The summed E-state index contributed by atoms with van der Waals surface area (Å²) in [6, 6.07) is 8.10. The lowest BCUT2D eigenvalue weighted by atomic mass is 10.1. The molecule has 1 aromatic rings. The molecule has 0 fully saturated rings. The van der Waals surface area contributed by atoms with Crippen LogP contribution in [0.4, 0.5) is 0 Å². The molecule has 0 bridgehead atoms. The summed E-state index contributed by atoms with van der Waals surface area (Å²) in [4.78, 5) is 4.17. The molecule has 1 atom stereocenters. The van der Waals surface area contributed by atoms with Crippen molar-refractivity contribution in [3.8, 4) is 5.75 Å². The predicted octanol–water partition coefficient (Wildman–Crippen LogP) is 2.23. The number of guanidine groups is 1. The molecule has 8 heteroatoms. The normalized spacial score (nSPS) is 12.9. The van der Waals surface area contributed by atoms with Gasteiger partial charge in [-0.2, -0.15) is 0 Å². The van der Waals surface area contributed by atoms with Gasteiger partial charge in [-0.3, -0.25) is 4.99 Å². The molecule has 2 N–H and O–H groups in total. The smallest absolute Gasteiger partial charge is 0.191 e. The van der Waals surface area contributed by atoms with Crippen molar-refractivity contribution >= 4 is 39.8 Å². The molecule has 25 heavy (non-hydrogen) atoms. The molecular weight excluding hydrogens is 453 g/mol. The van der Waals surface area contributed by atoms with E-state index >= 15 is 0 Å². The fraction of sp³-hybridized carbons (Fsp3) is 0.588. The molecule has 1 unspecified atom stereocenters. The SMILES string of the molecule is CN=C(NCCCc1cccc(OC)c1)NC(C)CCS(C)(=O)=O.I. The average Bonchev–Trinajstić information content (AvgIpc) is 2.55. The number of aliphatic imine (C=N–C) groups is 1. The van der Waals surface area contributed by atoms with Gasteiger partial charge in [-0.1, -0.05) is 12.1 Å². The van der Waals surface area contributed by atoms with Crippen molar-refractivity contribution in [1.29, 1.82) is 0 Å². The number of rotatable bonds is 9. The van der Waals surface area contributed by atoms with Crippen molar-refractivity contribution in [2.24, 2.45) is 4.99 Å². The highest BCUT2D eigenvalue weighted by Gasteiger charge is 2.09. The maximum Gasteiger partial charge on any atom is 0.191 e. The van der Waals surface area contributed by atoms with E-state index in [1.54, 1.807) is 14.2 Å². The molecule has 6 nitrogen and oxygen atoms in total.